The summed E-state index contributed by atoms with van der Waals surface area (Å²) in [7, 11) is 0. The number of hydrogen-bond donors (Lipinski definition) is 0. The number of hydrogen-bond acceptors (Lipinski definition) is 4. The van der Waals surface area contributed by atoms with Gasteiger partial charge in [0, 0.05) is 42.0 Å². The van der Waals surface area contributed by atoms with Crippen LogP contribution in [-0.4, -0.2) is 46.7 Å². The fourth-order valence-electron chi connectivity index (χ4n) is 2.74. The van der Waals surface area contributed by atoms with E-state index >= 15 is 0 Å². The first-order valence-corrected chi connectivity index (χ1v) is 9.49. The smallest absolute Gasteiger partial charge is 0.281 e. The standard InChI is InChI=1S/C16H20N2O2S2/c1-12-6-9-18(13-4-2-3-5-14(13)22-12)15(19)7-8-17-10-11-21-16(17)20/h2-5,12H,6-11H2,1H3/t12-/m0/s1. The molecule has 1 fully saturated rings. The number of fused-ring (bicyclic) bond motifs is 1. The maximum atomic E-state index is 12.7. The molecule has 3 rings (SSSR count). The van der Waals surface area contributed by atoms with Crippen molar-refractivity contribution in [2.45, 2.75) is 29.9 Å². The molecular formula is C16H20N2O2S2. The van der Waals surface area contributed by atoms with Gasteiger partial charge in [-0.05, 0) is 18.6 Å². The number of para-hydroxylation sites is 1. The molecule has 0 radical (unpaired) electrons. The summed E-state index contributed by atoms with van der Waals surface area (Å²) in [5.41, 5.74) is 1.02. The van der Waals surface area contributed by atoms with Gasteiger partial charge in [0.15, 0.2) is 0 Å². The Hall–Kier alpha value is -1.14. The first kappa shape index (κ1) is 15.7. The molecule has 4 nitrogen and oxygen atoms in total. The van der Waals surface area contributed by atoms with Crippen LogP contribution in [0.15, 0.2) is 29.2 Å². The average molecular weight is 336 g/mol. The van der Waals surface area contributed by atoms with E-state index in [9.17, 15) is 9.59 Å². The van der Waals surface area contributed by atoms with Crippen molar-refractivity contribution in [1.82, 2.24) is 4.90 Å². The van der Waals surface area contributed by atoms with Crippen LogP contribution < -0.4 is 4.90 Å². The molecule has 6 heteroatoms. The van der Waals surface area contributed by atoms with Gasteiger partial charge in [0.25, 0.3) is 5.24 Å². The van der Waals surface area contributed by atoms with Crippen LogP contribution in [-0.2, 0) is 4.79 Å². The number of benzene rings is 1. The van der Waals surface area contributed by atoms with Crippen LogP contribution in [0.1, 0.15) is 19.8 Å². The van der Waals surface area contributed by atoms with Gasteiger partial charge in [0.1, 0.15) is 0 Å². The number of thioether (sulfide) groups is 2. The molecule has 0 unspecified atom stereocenters. The summed E-state index contributed by atoms with van der Waals surface area (Å²) < 4.78 is 0. The number of carbonyl (C=O) groups is 2. The molecule has 0 aliphatic carbocycles. The van der Waals surface area contributed by atoms with Crippen LogP contribution >= 0.6 is 23.5 Å². The summed E-state index contributed by atoms with van der Waals surface area (Å²) >= 11 is 3.18. The van der Waals surface area contributed by atoms with Gasteiger partial charge >= 0.3 is 0 Å². The highest BCUT2D eigenvalue weighted by atomic mass is 32.2. The number of anilines is 1. The quantitative estimate of drug-likeness (QED) is 0.847. The first-order chi connectivity index (χ1) is 10.6. The first-order valence-electron chi connectivity index (χ1n) is 7.63. The minimum absolute atomic E-state index is 0.105. The summed E-state index contributed by atoms with van der Waals surface area (Å²) in [5, 5.41) is 0.615. The predicted octanol–water partition coefficient (Wildman–Crippen LogP) is 3.46. The molecule has 2 heterocycles. The highest BCUT2D eigenvalue weighted by Crippen LogP contribution is 2.37. The molecule has 0 saturated carbocycles. The third-order valence-electron chi connectivity index (χ3n) is 3.99. The minimum atomic E-state index is 0.105. The van der Waals surface area contributed by atoms with Crippen molar-refractivity contribution in [3.8, 4) is 0 Å². The lowest BCUT2D eigenvalue weighted by atomic mass is 10.2. The summed E-state index contributed by atoms with van der Waals surface area (Å²) in [6.07, 6.45) is 1.39. The van der Waals surface area contributed by atoms with Gasteiger partial charge < -0.3 is 9.80 Å². The van der Waals surface area contributed by atoms with E-state index in [0.29, 0.717) is 18.2 Å². The highest BCUT2D eigenvalue weighted by molar-refractivity contribution is 8.13. The van der Waals surface area contributed by atoms with Crippen molar-refractivity contribution in [3.63, 3.8) is 0 Å². The summed E-state index contributed by atoms with van der Waals surface area (Å²) in [4.78, 5) is 29.1. The Morgan fingerprint density at radius 1 is 1.32 bits per heavy atom. The van der Waals surface area contributed by atoms with Gasteiger partial charge in [0.2, 0.25) is 5.91 Å². The zero-order valence-corrected chi connectivity index (χ0v) is 14.3. The molecular weight excluding hydrogens is 316 g/mol. The van der Waals surface area contributed by atoms with Gasteiger partial charge in [-0.1, -0.05) is 30.8 Å². The van der Waals surface area contributed by atoms with Crippen molar-refractivity contribution in [3.05, 3.63) is 24.3 Å². The molecule has 0 aromatic heterocycles. The lowest BCUT2D eigenvalue weighted by Crippen LogP contribution is -2.35. The molecule has 2 aliphatic heterocycles. The molecule has 118 valence electrons. The molecule has 22 heavy (non-hydrogen) atoms. The highest BCUT2D eigenvalue weighted by Gasteiger charge is 2.26. The number of rotatable bonds is 3. The van der Waals surface area contributed by atoms with E-state index in [1.54, 1.807) is 4.90 Å². The van der Waals surface area contributed by atoms with Crippen LogP contribution in [0.2, 0.25) is 0 Å². The molecule has 0 spiro atoms. The van der Waals surface area contributed by atoms with E-state index < -0.39 is 0 Å². The third kappa shape index (κ3) is 3.43. The molecule has 1 aromatic carbocycles. The Morgan fingerprint density at radius 3 is 2.91 bits per heavy atom. The Morgan fingerprint density at radius 2 is 2.14 bits per heavy atom. The van der Waals surface area contributed by atoms with E-state index in [0.717, 1.165) is 31.0 Å². The van der Waals surface area contributed by atoms with E-state index in [2.05, 4.69) is 13.0 Å². The van der Waals surface area contributed by atoms with E-state index in [1.807, 2.05) is 34.9 Å². The Balaban J connectivity index is 1.70. The molecule has 1 aromatic rings. The van der Waals surface area contributed by atoms with E-state index in [1.165, 1.54) is 16.7 Å². The second-order valence-corrected chi connectivity index (χ2v) is 8.11. The van der Waals surface area contributed by atoms with Crippen LogP contribution in [0, 0.1) is 0 Å². The molecule has 1 atom stereocenters. The van der Waals surface area contributed by atoms with Crippen LogP contribution in [0.5, 0.6) is 0 Å². The monoisotopic (exact) mass is 336 g/mol. The van der Waals surface area contributed by atoms with Crippen molar-refractivity contribution >= 4 is 40.4 Å². The SMILES string of the molecule is C[C@H]1CCN(C(=O)CCN2CCSC2=O)c2ccccc2S1. The molecule has 0 bridgehead atoms. The number of amides is 2. The van der Waals surface area contributed by atoms with Crippen LogP contribution in [0.25, 0.3) is 0 Å². The van der Waals surface area contributed by atoms with Crippen molar-refractivity contribution in [2.75, 3.05) is 30.3 Å². The van der Waals surface area contributed by atoms with E-state index in [-0.39, 0.29) is 11.1 Å². The lowest BCUT2D eigenvalue weighted by Gasteiger charge is -2.24. The maximum absolute atomic E-state index is 12.7. The topological polar surface area (TPSA) is 40.6 Å². The largest absolute Gasteiger partial charge is 0.332 e. The van der Waals surface area contributed by atoms with Crippen molar-refractivity contribution in [2.24, 2.45) is 0 Å². The number of nitrogens with zero attached hydrogens (tertiary/aromatic N) is 2. The second-order valence-electron chi connectivity index (χ2n) is 5.58. The predicted molar refractivity (Wildman–Crippen MR) is 92.8 cm³/mol. The fraction of sp³-hybridized carbons (Fsp3) is 0.500. The van der Waals surface area contributed by atoms with Gasteiger partial charge in [-0.25, -0.2) is 0 Å². The molecule has 2 amide bonds. The summed E-state index contributed by atoms with van der Waals surface area (Å²) in [6.45, 7) is 4.26. The van der Waals surface area contributed by atoms with Crippen LogP contribution in [0.3, 0.4) is 0 Å². The van der Waals surface area contributed by atoms with Gasteiger partial charge in [0.05, 0.1) is 5.69 Å². The molecule has 2 aliphatic rings. The van der Waals surface area contributed by atoms with Crippen molar-refractivity contribution in [1.29, 1.82) is 0 Å². The minimum Gasteiger partial charge on any atom is -0.332 e. The maximum Gasteiger partial charge on any atom is 0.281 e. The molecule has 0 N–H and O–H groups in total. The zero-order valence-electron chi connectivity index (χ0n) is 12.7. The van der Waals surface area contributed by atoms with E-state index in [4.69, 9.17) is 0 Å². The van der Waals surface area contributed by atoms with Crippen molar-refractivity contribution < 1.29 is 9.59 Å². The Kier molecular flexibility index (Phi) is 4.98. The summed E-state index contributed by atoms with van der Waals surface area (Å²) in [5.74, 6) is 0.958. The Labute approximate surface area is 139 Å². The fourth-order valence-corrected chi connectivity index (χ4v) is 4.70. The normalized spacial score (nSPS) is 21.7. The van der Waals surface area contributed by atoms with Crippen LogP contribution in [0.4, 0.5) is 10.5 Å². The third-order valence-corrected chi connectivity index (χ3v) is 6.11. The average Bonchev–Trinajstić information content (AvgIpc) is 2.83. The van der Waals surface area contributed by atoms with Gasteiger partial charge in [-0.3, -0.25) is 9.59 Å². The lowest BCUT2D eigenvalue weighted by molar-refractivity contribution is -0.118. The summed E-state index contributed by atoms with van der Waals surface area (Å²) in [6, 6.07) is 8.11. The zero-order chi connectivity index (χ0) is 15.5. The van der Waals surface area contributed by atoms with Gasteiger partial charge in [-0.2, -0.15) is 0 Å². The number of carbonyl (C=O) groups excluding carboxylic acids is 2. The second kappa shape index (κ2) is 6.96. The van der Waals surface area contributed by atoms with Gasteiger partial charge in [-0.15, -0.1) is 11.8 Å². The Bertz CT molecular complexity index is 579. The molecule has 1 saturated heterocycles.